The molecule has 0 bridgehead atoms. The van der Waals surface area contributed by atoms with Gasteiger partial charge in [-0.1, -0.05) is 48.0 Å². The number of ether oxygens (including phenoxy) is 1. The van der Waals surface area contributed by atoms with Crippen LogP contribution < -0.4 is 0 Å². The van der Waals surface area contributed by atoms with Crippen LogP contribution in [0.4, 0.5) is 4.39 Å². The summed E-state index contributed by atoms with van der Waals surface area (Å²) in [7, 11) is 0. The van der Waals surface area contributed by atoms with E-state index in [1.54, 1.807) is 12.1 Å². The summed E-state index contributed by atoms with van der Waals surface area (Å²) >= 11 is 3.54. The first-order valence-corrected chi connectivity index (χ1v) is 7.16. The Balaban J connectivity index is 2.49. The molecule has 1 nitrogen and oxygen atoms in total. The molecule has 0 saturated carbocycles. The van der Waals surface area contributed by atoms with Crippen molar-refractivity contribution in [2.45, 2.75) is 33.3 Å². The van der Waals surface area contributed by atoms with Gasteiger partial charge >= 0.3 is 0 Å². The standard InChI is InChI=1S/C14H20BrFO/c1-3-14(4-2,10-15)11-17-9-12-7-5-6-8-13(12)16/h5-8H,3-4,9-11H2,1-2H3. The lowest BCUT2D eigenvalue weighted by atomic mass is 9.86. The number of hydrogen-bond acceptors (Lipinski definition) is 1. The molecule has 0 amide bonds. The Morgan fingerprint density at radius 3 is 2.41 bits per heavy atom. The van der Waals surface area contributed by atoms with E-state index in [1.807, 2.05) is 6.07 Å². The van der Waals surface area contributed by atoms with Crippen molar-refractivity contribution in [1.82, 2.24) is 0 Å². The molecule has 0 N–H and O–H groups in total. The third-order valence-electron chi connectivity index (χ3n) is 3.41. The van der Waals surface area contributed by atoms with Crippen molar-refractivity contribution in [1.29, 1.82) is 0 Å². The normalized spacial score (nSPS) is 11.8. The SMILES string of the molecule is CCC(CC)(CBr)COCc1ccccc1F. The van der Waals surface area contributed by atoms with Crippen LogP contribution in [-0.2, 0) is 11.3 Å². The molecule has 0 fully saturated rings. The molecule has 0 unspecified atom stereocenters. The van der Waals surface area contributed by atoms with Gasteiger partial charge in [0.2, 0.25) is 0 Å². The van der Waals surface area contributed by atoms with Crippen molar-refractivity contribution in [2.24, 2.45) is 5.41 Å². The third-order valence-corrected chi connectivity index (χ3v) is 4.60. The number of halogens is 2. The van der Waals surface area contributed by atoms with Crippen molar-refractivity contribution >= 4 is 15.9 Å². The molecule has 0 aromatic heterocycles. The van der Waals surface area contributed by atoms with E-state index in [2.05, 4.69) is 29.8 Å². The van der Waals surface area contributed by atoms with Crippen molar-refractivity contribution in [3.63, 3.8) is 0 Å². The first-order valence-electron chi connectivity index (χ1n) is 6.04. The van der Waals surface area contributed by atoms with E-state index >= 15 is 0 Å². The van der Waals surface area contributed by atoms with Gasteiger partial charge in [0.1, 0.15) is 5.82 Å². The summed E-state index contributed by atoms with van der Waals surface area (Å²) in [6, 6.07) is 6.76. The van der Waals surface area contributed by atoms with Gasteiger partial charge in [0.25, 0.3) is 0 Å². The predicted octanol–water partition coefficient (Wildman–Crippen LogP) is 4.54. The molecule has 0 aliphatic carbocycles. The molecule has 0 spiro atoms. The molecule has 0 radical (unpaired) electrons. The highest BCUT2D eigenvalue weighted by Crippen LogP contribution is 2.29. The number of rotatable bonds is 7. The Morgan fingerprint density at radius 1 is 1.24 bits per heavy atom. The number of hydrogen-bond donors (Lipinski definition) is 0. The van der Waals surface area contributed by atoms with Crippen LogP contribution in [0.1, 0.15) is 32.3 Å². The molecule has 3 heteroatoms. The van der Waals surface area contributed by atoms with E-state index in [9.17, 15) is 4.39 Å². The maximum Gasteiger partial charge on any atom is 0.128 e. The topological polar surface area (TPSA) is 9.23 Å². The summed E-state index contributed by atoms with van der Waals surface area (Å²) < 4.78 is 19.0. The first kappa shape index (κ1) is 14.7. The fraction of sp³-hybridized carbons (Fsp3) is 0.571. The van der Waals surface area contributed by atoms with Crippen LogP contribution >= 0.6 is 15.9 Å². The van der Waals surface area contributed by atoms with E-state index in [4.69, 9.17) is 4.74 Å². The monoisotopic (exact) mass is 302 g/mol. The minimum Gasteiger partial charge on any atom is -0.376 e. The quantitative estimate of drug-likeness (QED) is 0.672. The fourth-order valence-electron chi connectivity index (χ4n) is 1.67. The molecule has 1 aromatic carbocycles. The Hall–Kier alpha value is -0.410. The first-order chi connectivity index (χ1) is 8.17. The van der Waals surface area contributed by atoms with Gasteiger partial charge in [-0.15, -0.1) is 0 Å². The molecule has 96 valence electrons. The van der Waals surface area contributed by atoms with Crippen LogP contribution in [-0.4, -0.2) is 11.9 Å². The minimum atomic E-state index is -0.190. The average Bonchev–Trinajstić information content (AvgIpc) is 2.37. The van der Waals surface area contributed by atoms with Gasteiger partial charge in [0, 0.05) is 16.3 Å². The smallest absolute Gasteiger partial charge is 0.128 e. The molecule has 1 rings (SSSR count). The van der Waals surface area contributed by atoms with Gasteiger partial charge < -0.3 is 4.74 Å². The zero-order chi connectivity index (χ0) is 12.7. The van der Waals surface area contributed by atoms with Gasteiger partial charge in [0.15, 0.2) is 0 Å². The van der Waals surface area contributed by atoms with Gasteiger partial charge in [-0.25, -0.2) is 4.39 Å². The van der Waals surface area contributed by atoms with Crippen LogP contribution in [0, 0.1) is 11.2 Å². The van der Waals surface area contributed by atoms with Gasteiger partial charge in [-0.2, -0.15) is 0 Å². The second-order valence-electron chi connectivity index (χ2n) is 4.42. The van der Waals surface area contributed by atoms with Crippen LogP contribution in [0.25, 0.3) is 0 Å². The summed E-state index contributed by atoms with van der Waals surface area (Å²) in [5, 5.41) is 0.921. The molecular weight excluding hydrogens is 283 g/mol. The lowest BCUT2D eigenvalue weighted by Gasteiger charge is -2.29. The highest BCUT2D eigenvalue weighted by molar-refractivity contribution is 9.09. The Labute approximate surface area is 111 Å². The zero-order valence-corrected chi connectivity index (χ0v) is 12.1. The molecule has 17 heavy (non-hydrogen) atoms. The Morgan fingerprint density at radius 2 is 1.88 bits per heavy atom. The van der Waals surface area contributed by atoms with Gasteiger partial charge in [-0.3, -0.25) is 0 Å². The summed E-state index contributed by atoms with van der Waals surface area (Å²) in [5.41, 5.74) is 0.800. The van der Waals surface area contributed by atoms with Crippen molar-refractivity contribution < 1.29 is 9.13 Å². The second-order valence-corrected chi connectivity index (χ2v) is 4.99. The van der Waals surface area contributed by atoms with E-state index in [0.29, 0.717) is 18.8 Å². The highest BCUT2D eigenvalue weighted by Gasteiger charge is 2.25. The number of alkyl halides is 1. The number of benzene rings is 1. The Kier molecular flexibility index (Phi) is 6.14. The van der Waals surface area contributed by atoms with Crippen LogP contribution in [0.2, 0.25) is 0 Å². The summed E-state index contributed by atoms with van der Waals surface area (Å²) in [5.74, 6) is -0.190. The fourth-order valence-corrected chi connectivity index (χ4v) is 2.63. The summed E-state index contributed by atoms with van der Waals surface area (Å²) in [6.07, 6.45) is 2.12. The molecule has 1 aromatic rings. The lowest BCUT2D eigenvalue weighted by Crippen LogP contribution is -2.27. The Bertz CT molecular complexity index is 328. The second kappa shape index (κ2) is 7.12. The van der Waals surface area contributed by atoms with Crippen LogP contribution in [0.5, 0.6) is 0 Å². The van der Waals surface area contributed by atoms with Crippen molar-refractivity contribution in [3.05, 3.63) is 35.6 Å². The van der Waals surface area contributed by atoms with Crippen LogP contribution in [0.3, 0.4) is 0 Å². The predicted molar refractivity (Wildman–Crippen MR) is 72.9 cm³/mol. The lowest BCUT2D eigenvalue weighted by molar-refractivity contribution is 0.0400. The van der Waals surface area contributed by atoms with Crippen molar-refractivity contribution in [2.75, 3.05) is 11.9 Å². The zero-order valence-electron chi connectivity index (χ0n) is 10.5. The highest BCUT2D eigenvalue weighted by atomic mass is 79.9. The molecule has 0 heterocycles. The average molecular weight is 303 g/mol. The third kappa shape index (κ3) is 4.07. The van der Waals surface area contributed by atoms with E-state index < -0.39 is 0 Å². The van der Waals surface area contributed by atoms with Gasteiger partial charge in [0.05, 0.1) is 13.2 Å². The minimum absolute atomic E-state index is 0.172. The largest absolute Gasteiger partial charge is 0.376 e. The van der Waals surface area contributed by atoms with E-state index in [0.717, 1.165) is 18.2 Å². The van der Waals surface area contributed by atoms with Gasteiger partial charge in [-0.05, 0) is 18.9 Å². The van der Waals surface area contributed by atoms with E-state index in [-0.39, 0.29) is 11.2 Å². The summed E-state index contributed by atoms with van der Waals surface area (Å²) in [4.78, 5) is 0. The van der Waals surface area contributed by atoms with Crippen LogP contribution in [0.15, 0.2) is 24.3 Å². The molecule has 0 aliphatic rings. The summed E-state index contributed by atoms with van der Waals surface area (Å²) in [6.45, 7) is 5.34. The maximum atomic E-state index is 13.4. The molecule has 0 atom stereocenters. The molecule has 0 aliphatic heterocycles. The molecular formula is C14H20BrFO. The molecule has 0 saturated heterocycles. The van der Waals surface area contributed by atoms with E-state index in [1.165, 1.54) is 6.07 Å². The maximum absolute atomic E-state index is 13.4. The van der Waals surface area contributed by atoms with Crippen molar-refractivity contribution in [3.8, 4) is 0 Å².